The summed E-state index contributed by atoms with van der Waals surface area (Å²) in [6, 6.07) is 2.94. The summed E-state index contributed by atoms with van der Waals surface area (Å²) in [6.45, 7) is 11.0. The van der Waals surface area contributed by atoms with Gasteiger partial charge in [-0.15, -0.1) is 0 Å². The second kappa shape index (κ2) is 15.4. The number of carbonyl (C=O) groups is 2. The van der Waals surface area contributed by atoms with Crippen LogP contribution in [0.3, 0.4) is 0 Å². The number of carbonyl (C=O) groups excluding carboxylic acids is 2. The molecule has 0 radical (unpaired) electrons. The molecule has 1 saturated heterocycles. The van der Waals surface area contributed by atoms with E-state index in [4.69, 9.17) is 28.4 Å². The Hall–Kier alpha value is -2.81. The number of cyclic esters (lactones) is 1. The van der Waals surface area contributed by atoms with Crippen molar-refractivity contribution in [1.82, 2.24) is 0 Å². The number of ether oxygens (including phenoxy) is 6. The molecule has 3 N–H and O–H groups in total. The Kier molecular flexibility index (Phi) is 12.6. The first-order valence-corrected chi connectivity index (χ1v) is 16.4. The number of fused-ring (bicyclic) bond motifs is 2. The zero-order chi connectivity index (χ0) is 34.4. The van der Waals surface area contributed by atoms with Gasteiger partial charge in [0.1, 0.15) is 35.2 Å². The summed E-state index contributed by atoms with van der Waals surface area (Å²) in [5, 5.41) is 10.9. The Bertz CT molecular complexity index is 1330. The van der Waals surface area contributed by atoms with E-state index in [1.165, 1.54) is 19.2 Å². The first-order valence-electron chi connectivity index (χ1n) is 14.9. The molecule has 0 aliphatic carbocycles. The number of anilines is 1. The number of hydrogen-bond donors (Lipinski definition) is 3. The number of phosphoric acid groups is 1. The van der Waals surface area contributed by atoms with Crippen LogP contribution in [0.2, 0.25) is 0 Å². The second-order valence-electron chi connectivity index (χ2n) is 12.5. The van der Waals surface area contributed by atoms with Crippen molar-refractivity contribution in [3.63, 3.8) is 0 Å². The molecule has 0 unspecified atom stereocenters. The highest BCUT2D eigenvalue weighted by molar-refractivity contribution is 7.46. The molecule has 1 amide bonds. The fourth-order valence-corrected chi connectivity index (χ4v) is 5.13. The zero-order valence-corrected chi connectivity index (χ0v) is 28.4. The largest absolute Gasteiger partial charge is 0.469 e. The molecule has 1 aromatic carbocycles. The lowest BCUT2D eigenvalue weighted by molar-refractivity contribution is -0.152. The lowest BCUT2D eigenvalue weighted by atomic mass is 9.98. The van der Waals surface area contributed by atoms with Crippen molar-refractivity contribution in [3.05, 3.63) is 41.5 Å². The quantitative estimate of drug-likeness (QED) is 0.152. The maximum absolute atomic E-state index is 13.7. The molecule has 15 heteroatoms. The molecule has 0 saturated carbocycles. The van der Waals surface area contributed by atoms with Gasteiger partial charge in [-0.2, -0.15) is 0 Å². The van der Waals surface area contributed by atoms with E-state index in [0.717, 1.165) is 4.90 Å². The van der Waals surface area contributed by atoms with E-state index in [1.807, 2.05) is 6.92 Å². The summed E-state index contributed by atoms with van der Waals surface area (Å²) in [4.78, 5) is 46.6. The molecule has 258 valence electrons. The molecule has 1 aromatic rings. The van der Waals surface area contributed by atoms with E-state index in [-0.39, 0.29) is 42.7 Å². The average molecular weight is 672 g/mol. The molecule has 2 heterocycles. The molecule has 0 spiro atoms. The Balaban J connectivity index is 2.18. The van der Waals surface area contributed by atoms with Crippen LogP contribution in [0, 0.1) is 5.92 Å². The van der Waals surface area contributed by atoms with Gasteiger partial charge in [-0.3, -0.25) is 9.42 Å². The first-order chi connectivity index (χ1) is 21.3. The van der Waals surface area contributed by atoms with E-state index in [0.29, 0.717) is 5.56 Å². The maximum Gasteiger partial charge on any atom is 0.469 e. The van der Waals surface area contributed by atoms with Gasteiger partial charge in [0.15, 0.2) is 12.6 Å². The summed E-state index contributed by atoms with van der Waals surface area (Å²) < 4.78 is 50.4. The van der Waals surface area contributed by atoms with Crippen LogP contribution < -0.4 is 9.64 Å². The van der Waals surface area contributed by atoms with Crippen molar-refractivity contribution in [2.24, 2.45) is 5.92 Å². The van der Waals surface area contributed by atoms with Crippen molar-refractivity contribution in [2.45, 2.75) is 90.7 Å². The molecule has 46 heavy (non-hydrogen) atoms. The number of nitrogens with zero attached hydrogens (tertiary/aromatic N) is 1. The lowest BCUT2D eigenvalue weighted by Crippen LogP contribution is -2.39. The van der Waals surface area contributed by atoms with Crippen LogP contribution in [-0.2, 0) is 32.8 Å². The van der Waals surface area contributed by atoms with Crippen molar-refractivity contribution in [1.29, 1.82) is 0 Å². The molecule has 14 nitrogen and oxygen atoms in total. The van der Waals surface area contributed by atoms with Crippen LogP contribution in [0.4, 0.5) is 10.5 Å². The minimum Gasteiger partial charge on any atom is -0.467 e. The Labute approximate surface area is 269 Å². The van der Waals surface area contributed by atoms with Gasteiger partial charge < -0.3 is 43.3 Å². The third-order valence-electron chi connectivity index (χ3n) is 7.02. The Morgan fingerprint density at radius 1 is 1.15 bits per heavy atom. The van der Waals surface area contributed by atoms with Crippen LogP contribution in [0.1, 0.15) is 70.8 Å². The van der Waals surface area contributed by atoms with E-state index in [1.54, 1.807) is 65.8 Å². The maximum atomic E-state index is 13.7. The molecule has 2 aliphatic heterocycles. The number of hydrogen-bond acceptors (Lipinski definition) is 11. The molecule has 5 atom stereocenters. The molecule has 1 fully saturated rings. The molecular weight excluding hydrogens is 625 g/mol. The van der Waals surface area contributed by atoms with Gasteiger partial charge in [-0.05, 0) is 59.6 Å². The van der Waals surface area contributed by atoms with Gasteiger partial charge >= 0.3 is 19.9 Å². The van der Waals surface area contributed by atoms with E-state index in [9.17, 15) is 29.0 Å². The van der Waals surface area contributed by atoms with Crippen molar-refractivity contribution in [2.75, 3.05) is 32.0 Å². The van der Waals surface area contributed by atoms with Crippen LogP contribution >= 0.6 is 7.82 Å². The number of phosphoric ester groups is 1. The minimum atomic E-state index is -4.84. The van der Waals surface area contributed by atoms with Gasteiger partial charge in [-0.1, -0.05) is 31.2 Å². The summed E-state index contributed by atoms with van der Waals surface area (Å²) in [7, 11) is -3.44. The number of esters is 1. The number of benzene rings is 1. The summed E-state index contributed by atoms with van der Waals surface area (Å²) in [5.74, 6) is -1.94. The number of aliphatic hydroxyl groups excluding tert-OH is 1. The predicted octanol–water partition coefficient (Wildman–Crippen LogP) is 4.56. The summed E-state index contributed by atoms with van der Waals surface area (Å²) in [6.07, 6.45) is 3.36. The summed E-state index contributed by atoms with van der Waals surface area (Å²) in [5.41, 5.74) is -0.397. The third kappa shape index (κ3) is 10.9. The monoisotopic (exact) mass is 671 g/mol. The van der Waals surface area contributed by atoms with Gasteiger partial charge in [0.25, 0.3) is 0 Å². The van der Waals surface area contributed by atoms with Gasteiger partial charge in [0, 0.05) is 19.1 Å². The van der Waals surface area contributed by atoms with Crippen LogP contribution in [0.5, 0.6) is 5.75 Å². The fourth-order valence-electron chi connectivity index (χ4n) is 4.81. The Morgan fingerprint density at radius 2 is 1.85 bits per heavy atom. The standard InChI is InChI=1S/C31H46NO13P/c1-19-12-13-23(33)27-24(43-31(6,7)44-27)11-9-10-21-16-22(17-25(40-18-39-8)26(21)28(34)42-20(19)2)32(14-15-41-46(36,37)38)29(35)45-30(3,4)5/h9-10,12-13,16-17,19-20,23-24,27,33H,11,14-15,18H2,1-8H3,(H2,36,37,38)/t19-,20+,23-,24+,27-/m1/s1. The smallest absolute Gasteiger partial charge is 0.467 e. The average Bonchev–Trinajstić information content (AvgIpc) is 3.24. The molecule has 0 aromatic heterocycles. The van der Waals surface area contributed by atoms with Crippen LogP contribution in [0.15, 0.2) is 30.4 Å². The van der Waals surface area contributed by atoms with Gasteiger partial charge in [0.2, 0.25) is 0 Å². The van der Waals surface area contributed by atoms with Crippen molar-refractivity contribution >= 4 is 31.6 Å². The van der Waals surface area contributed by atoms with Crippen LogP contribution in [-0.4, -0.2) is 89.8 Å². The van der Waals surface area contributed by atoms with Crippen LogP contribution in [0.25, 0.3) is 6.08 Å². The number of methoxy groups -OCH3 is 1. The molecular formula is C31H46NO13P. The van der Waals surface area contributed by atoms with E-state index < -0.39 is 62.3 Å². The third-order valence-corrected chi connectivity index (χ3v) is 7.54. The molecule has 0 bridgehead atoms. The van der Waals surface area contributed by atoms with E-state index in [2.05, 4.69) is 4.52 Å². The highest BCUT2D eigenvalue weighted by atomic mass is 31.2. The Morgan fingerprint density at radius 3 is 2.48 bits per heavy atom. The number of rotatable bonds is 8. The number of aliphatic hydroxyl groups is 1. The van der Waals surface area contributed by atoms with Crippen molar-refractivity contribution < 1.29 is 62.0 Å². The molecule has 2 aliphatic rings. The zero-order valence-electron chi connectivity index (χ0n) is 27.5. The predicted molar refractivity (Wildman–Crippen MR) is 167 cm³/mol. The van der Waals surface area contributed by atoms with Crippen molar-refractivity contribution in [3.8, 4) is 5.75 Å². The topological polar surface area (TPSA) is 180 Å². The second-order valence-corrected chi connectivity index (χ2v) is 13.8. The SMILES string of the molecule is COCOc1cc(N(CCOP(=O)(O)O)C(=O)OC(C)(C)C)cc2c1C(=O)O[C@@H](C)[C@H](C)C=C[C@@H](O)[C@H]1OC(C)(C)O[C@H]1CC=C2. The highest BCUT2D eigenvalue weighted by Crippen LogP contribution is 2.37. The lowest BCUT2D eigenvalue weighted by Gasteiger charge is -2.28. The van der Waals surface area contributed by atoms with E-state index >= 15 is 0 Å². The van der Waals surface area contributed by atoms with Gasteiger partial charge in [0.05, 0.1) is 24.9 Å². The van der Waals surface area contributed by atoms with Gasteiger partial charge in [-0.25, -0.2) is 14.2 Å². The number of amides is 1. The first kappa shape index (κ1) is 37.6. The fraction of sp³-hybridized carbons (Fsp3) is 0.613. The minimum absolute atomic E-state index is 0.0193. The normalized spacial score (nSPS) is 25.2. The summed E-state index contributed by atoms with van der Waals surface area (Å²) >= 11 is 0. The molecule has 3 rings (SSSR count). The highest BCUT2D eigenvalue weighted by Gasteiger charge is 2.43.